The predicted octanol–water partition coefficient (Wildman–Crippen LogP) is 1.41. The van der Waals surface area contributed by atoms with Gasteiger partial charge in [-0.3, -0.25) is 0 Å². The first-order valence-corrected chi connectivity index (χ1v) is 5.98. The Morgan fingerprint density at radius 3 is 3.06 bits per heavy atom. The zero-order chi connectivity index (χ0) is 12.5. The van der Waals surface area contributed by atoms with Crippen molar-refractivity contribution in [2.75, 3.05) is 26.1 Å². The number of rotatable bonds is 3. The number of methoxy groups -OCH3 is 2. The minimum Gasteiger partial charge on any atom is -0.370 e. The van der Waals surface area contributed by atoms with E-state index < -0.39 is 0 Å². The Hall–Kier alpha value is -1.66. The van der Waals surface area contributed by atoms with Gasteiger partial charge >= 0.3 is 0 Å². The van der Waals surface area contributed by atoms with Crippen LogP contribution in [0.2, 0.25) is 0 Å². The molecule has 0 aromatic carbocycles. The Morgan fingerprint density at radius 2 is 2.28 bits per heavy atom. The van der Waals surface area contributed by atoms with Crippen molar-refractivity contribution in [1.29, 1.82) is 0 Å². The summed E-state index contributed by atoms with van der Waals surface area (Å²) in [6, 6.07) is 4.01. The third-order valence-electron chi connectivity index (χ3n) is 3.30. The molecule has 0 spiro atoms. The van der Waals surface area contributed by atoms with Crippen LogP contribution in [-0.2, 0) is 9.47 Å². The van der Waals surface area contributed by atoms with Crippen LogP contribution in [0.1, 0.15) is 12.5 Å². The van der Waals surface area contributed by atoms with Crippen LogP contribution in [0.5, 0.6) is 0 Å². The van der Waals surface area contributed by atoms with E-state index in [1.54, 1.807) is 20.4 Å². The average Bonchev–Trinajstić information content (AvgIpc) is 2.80. The SMILES string of the molecule is COC(OC)C1CCNc2c3cccnc3nn21. The highest BCUT2D eigenvalue weighted by atomic mass is 16.7. The third-order valence-corrected chi connectivity index (χ3v) is 3.30. The van der Waals surface area contributed by atoms with Crippen molar-refractivity contribution in [3.05, 3.63) is 18.3 Å². The number of aromatic nitrogens is 3. The van der Waals surface area contributed by atoms with E-state index in [0.717, 1.165) is 29.8 Å². The number of nitrogens with one attached hydrogen (secondary N) is 1. The molecular formula is C12H16N4O2. The number of anilines is 1. The van der Waals surface area contributed by atoms with E-state index in [9.17, 15) is 0 Å². The normalized spacial score (nSPS) is 18.9. The number of hydrogen-bond acceptors (Lipinski definition) is 5. The molecule has 3 heterocycles. The molecule has 6 nitrogen and oxygen atoms in total. The van der Waals surface area contributed by atoms with Crippen molar-refractivity contribution in [1.82, 2.24) is 14.8 Å². The van der Waals surface area contributed by atoms with Gasteiger partial charge in [-0.2, -0.15) is 0 Å². The quantitative estimate of drug-likeness (QED) is 0.832. The molecule has 0 saturated carbocycles. The van der Waals surface area contributed by atoms with Gasteiger partial charge in [-0.15, -0.1) is 5.10 Å². The Labute approximate surface area is 105 Å². The first kappa shape index (κ1) is 11.4. The van der Waals surface area contributed by atoms with Gasteiger partial charge in [-0.05, 0) is 18.6 Å². The lowest BCUT2D eigenvalue weighted by Gasteiger charge is -2.30. The van der Waals surface area contributed by atoms with Crippen LogP contribution < -0.4 is 5.32 Å². The van der Waals surface area contributed by atoms with Gasteiger partial charge in [0.2, 0.25) is 0 Å². The zero-order valence-corrected chi connectivity index (χ0v) is 10.5. The highest BCUT2D eigenvalue weighted by Crippen LogP contribution is 2.32. The number of pyridine rings is 1. The summed E-state index contributed by atoms with van der Waals surface area (Å²) in [5.74, 6) is 0.994. The summed E-state index contributed by atoms with van der Waals surface area (Å²) in [6.07, 6.45) is 2.37. The Bertz CT molecular complexity index is 550. The number of ether oxygens (including phenoxy) is 2. The van der Waals surface area contributed by atoms with Gasteiger partial charge in [0.05, 0.1) is 5.39 Å². The molecular weight excluding hydrogens is 232 g/mol. The number of hydrogen-bond donors (Lipinski definition) is 1. The monoisotopic (exact) mass is 248 g/mol. The van der Waals surface area contributed by atoms with Gasteiger partial charge in [0, 0.05) is 27.0 Å². The van der Waals surface area contributed by atoms with Gasteiger partial charge in [0.15, 0.2) is 11.9 Å². The predicted molar refractivity (Wildman–Crippen MR) is 67.5 cm³/mol. The number of fused-ring (bicyclic) bond motifs is 3. The average molecular weight is 248 g/mol. The summed E-state index contributed by atoms with van der Waals surface area (Å²) in [7, 11) is 3.30. The van der Waals surface area contributed by atoms with E-state index in [0.29, 0.717) is 0 Å². The molecule has 0 bridgehead atoms. The number of nitrogens with zero attached hydrogens (tertiary/aromatic N) is 3. The van der Waals surface area contributed by atoms with Crippen LogP contribution >= 0.6 is 0 Å². The van der Waals surface area contributed by atoms with Crippen LogP contribution in [-0.4, -0.2) is 41.8 Å². The van der Waals surface area contributed by atoms with Crippen molar-refractivity contribution in [3.8, 4) is 0 Å². The molecule has 18 heavy (non-hydrogen) atoms. The van der Waals surface area contributed by atoms with Crippen molar-refractivity contribution < 1.29 is 9.47 Å². The standard InChI is InChI=1S/C12H16N4O2/c1-17-12(18-2)9-5-7-14-11-8-4-3-6-13-10(8)15-16(9)11/h3-4,6,9,12,14H,5,7H2,1-2H3. The summed E-state index contributed by atoms with van der Waals surface area (Å²) in [6.45, 7) is 0.879. The molecule has 1 N–H and O–H groups in total. The molecule has 0 radical (unpaired) electrons. The maximum absolute atomic E-state index is 5.36. The van der Waals surface area contributed by atoms with Crippen molar-refractivity contribution >= 4 is 16.9 Å². The molecule has 0 saturated heterocycles. The lowest BCUT2D eigenvalue weighted by atomic mass is 10.1. The van der Waals surface area contributed by atoms with E-state index in [4.69, 9.17) is 9.47 Å². The van der Waals surface area contributed by atoms with Crippen LogP contribution in [0.3, 0.4) is 0 Å². The first-order valence-electron chi connectivity index (χ1n) is 5.98. The maximum atomic E-state index is 5.36. The minimum atomic E-state index is -0.292. The van der Waals surface area contributed by atoms with E-state index in [-0.39, 0.29) is 12.3 Å². The lowest BCUT2D eigenvalue weighted by Crippen LogP contribution is -2.34. The molecule has 6 heteroatoms. The molecule has 1 aliphatic heterocycles. The molecule has 3 rings (SSSR count). The van der Waals surface area contributed by atoms with Crippen LogP contribution in [0.15, 0.2) is 18.3 Å². The molecule has 1 aliphatic rings. The molecule has 2 aromatic heterocycles. The second kappa shape index (κ2) is 4.55. The van der Waals surface area contributed by atoms with Gasteiger partial charge in [0.25, 0.3) is 0 Å². The van der Waals surface area contributed by atoms with Crippen molar-refractivity contribution in [3.63, 3.8) is 0 Å². The smallest absolute Gasteiger partial charge is 0.183 e. The summed E-state index contributed by atoms with van der Waals surface area (Å²) >= 11 is 0. The Balaban J connectivity index is 2.10. The van der Waals surface area contributed by atoms with Gasteiger partial charge in [0.1, 0.15) is 11.9 Å². The maximum Gasteiger partial charge on any atom is 0.183 e. The largest absolute Gasteiger partial charge is 0.370 e. The topological polar surface area (TPSA) is 61.2 Å². The molecule has 96 valence electrons. The Kier molecular flexibility index (Phi) is 2.89. The summed E-state index contributed by atoms with van der Waals surface area (Å²) in [5, 5.41) is 8.94. The fraction of sp³-hybridized carbons (Fsp3) is 0.500. The first-order chi connectivity index (χ1) is 8.85. The van der Waals surface area contributed by atoms with E-state index >= 15 is 0 Å². The summed E-state index contributed by atoms with van der Waals surface area (Å²) < 4.78 is 12.7. The van der Waals surface area contributed by atoms with Crippen LogP contribution in [0.4, 0.5) is 5.82 Å². The highest BCUT2D eigenvalue weighted by molar-refractivity contribution is 5.87. The zero-order valence-electron chi connectivity index (χ0n) is 10.5. The van der Waals surface area contributed by atoms with E-state index in [1.165, 1.54) is 0 Å². The van der Waals surface area contributed by atoms with E-state index in [2.05, 4.69) is 15.4 Å². The second-order valence-electron chi connectivity index (χ2n) is 4.29. The van der Waals surface area contributed by atoms with Gasteiger partial charge in [-0.1, -0.05) is 0 Å². The minimum absolute atomic E-state index is 0.0745. The molecule has 2 aromatic rings. The lowest BCUT2D eigenvalue weighted by molar-refractivity contribution is -0.135. The molecule has 0 aliphatic carbocycles. The third kappa shape index (κ3) is 1.65. The molecule has 0 fully saturated rings. The summed E-state index contributed by atoms with van der Waals surface area (Å²) in [5.41, 5.74) is 0.748. The van der Waals surface area contributed by atoms with Crippen molar-refractivity contribution in [2.45, 2.75) is 18.8 Å². The van der Waals surface area contributed by atoms with Crippen LogP contribution in [0, 0.1) is 0 Å². The second-order valence-corrected chi connectivity index (χ2v) is 4.29. The van der Waals surface area contributed by atoms with Gasteiger partial charge in [-0.25, -0.2) is 9.67 Å². The van der Waals surface area contributed by atoms with Crippen molar-refractivity contribution in [2.24, 2.45) is 0 Å². The summed E-state index contributed by atoms with van der Waals surface area (Å²) in [4.78, 5) is 4.28. The van der Waals surface area contributed by atoms with Gasteiger partial charge < -0.3 is 14.8 Å². The molecule has 1 atom stereocenters. The Morgan fingerprint density at radius 1 is 1.44 bits per heavy atom. The fourth-order valence-corrected chi connectivity index (χ4v) is 2.48. The fourth-order valence-electron chi connectivity index (χ4n) is 2.48. The molecule has 1 unspecified atom stereocenters. The van der Waals surface area contributed by atoms with Crippen LogP contribution in [0.25, 0.3) is 11.0 Å². The van der Waals surface area contributed by atoms with E-state index in [1.807, 2.05) is 16.8 Å². The molecule has 0 amide bonds. The highest BCUT2D eigenvalue weighted by Gasteiger charge is 2.30.